The highest BCUT2D eigenvalue weighted by Gasteiger charge is 2.21. The van der Waals surface area contributed by atoms with E-state index in [1.807, 2.05) is 6.92 Å². The van der Waals surface area contributed by atoms with Crippen molar-refractivity contribution >= 4 is 16.8 Å². The molecule has 156 valence electrons. The molecular formula is C24H36O4. The normalized spacial score (nSPS) is 11.4. The Kier molecular flexibility index (Phi) is 8.88. The summed E-state index contributed by atoms with van der Waals surface area (Å²) in [6, 6.07) is 1.38. The zero-order chi connectivity index (χ0) is 20.5. The number of aromatic hydroxyl groups is 2. The average molecular weight is 389 g/mol. The van der Waals surface area contributed by atoms with Crippen molar-refractivity contribution in [1.82, 2.24) is 0 Å². The summed E-state index contributed by atoms with van der Waals surface area (Å²) in [5.41, 5.74) is 1.15. The number of aryl methyl sites for hydroxylation is 2. The van der Waals surface area contributed by atoms with E-state index < -0.39 is 0 Å². The Morgan fingerprint density at radius 3 is 2.00 bits per heavy atom. The van der Waals surface area contributed by atoms with Crippen LogP contribution in [0.3, 0.4) is 0 Å². The number of hydrogen-bond donors (Lipinski definition) is 2. The molecule has 4 heteroatoms. The van der Waals surface area contributed by atoms with Gasteiger partial charge in [-0.3, -0.25) is 4.79 Å². The van der Waals surface area contributed by atoms with Gasteiger partial charge in [-0.15, -0.1) is 0 Å². The van der Waals surface area contributed by atoms with Gasteiger partial charge in [0, 0.05) is 12.0 Å². The van der Waals surface area contributed by atoms with Crippen LogP contribution in [0.4, 0.5) is 0 Å². The Bertz CT molecular complexity index is 773. The molecule has 0 aliphatic heterocycles. The highest BCUT2D eigenvalue weighted by atomic mass is 16.4. The van der Waals surface area contributed by atoms with Gasteiger partial charge in [0.15, 0.2) is 17.1 Å². The second-order valence-corrected chi connectivity index (χ2v) is 7.99. The molecule has 0 spiro atoms. The second kappa shape index (κ2) is 11.1. The number of phenolic OH excluding ortho intramolecular Hbond substituents is 2. The average Bonchev–Trinajstić information content (AvgIpc) is 2.98. The molecule has 0 unspecified atom stereocenters. The van der Waals surface area contributed by atoms with Crippen molar-refractivity contribution in [2.75, 3.05) is 0 Å². The molecule has 1 aromatic carbocycles. The first-order valence-electron chi connectivity index (χ1n) is 10.9. The first-order chi connectivity index (χ1) is 13.5. The van der Waals surface area contributed by atoms with Crippen molar-refractivity contribution in [2.45, 2.75) is 97.8 Å². The number of furan rings is 1. The van der Waals surface area contributed by atoms with Crippen molar-refractivity contribution in [3.05, 3.63) is 23.0 Å². The number of benzene rings is 1. The minimum absolute atomic E-state index is 0.00978. The minimum atomic E-state index is -0.155. The summed E-state index contributed by atoms with van der Waals surface area (Å²) in [7, 11) is 0. The maximum absolute atomic E-state index is 12.5. The van der Waals surface area contributed by atoms with Crippen LogP contribution < -0.4 is 0 Å². The zero-order valence-corrected chi connectivity index (χ0v) is 17.8. The molecule has 0 aliphatic carbocycles. The Hall–Kier alpha value is -1.97. The van der Waals surface area contributed by atoms with Crippen LogP contribution in [0, 0.1) is 13.8 Å². The predicted octanol–water partition coefficient (Wildman–Crippen LogP) is 7.34. The molecule has 0 atom stereocenters. The van der Waals surface area contributed by atoms with Crippen LogP contribution in [0.15, 0.2) is 10.5 Å². The fraction of sp³-hybridized carbons (Fsp3) is 0.625. The van der Waals surface area contributed by atoms with Crippen LogP contribution in [0.2, 0.25) is 0 Å². The quantitative estimate of drug-likeness (QED) is 0.214. The summed E-state index contributed by atoms with van der Waals surface area (Å²) in [4.78, 5) is 12.5. The molecule has 0 aliphatic rings. The SMILES string of the molecule is CCCCCCCCCCCCCC(=O)c1cc(O)c2c(C)c(C)oc2c1O. The summed E-state index contributed by atoms with van der Waals surface area (Å²) in [6.07, 6.45) is 13.9. The van der Waals surface area contributed by atoms with Gasteiger partial charge in [-0.25, -0.2) is 0 Å². The molecule has 2 rings (SSSR count). The van der Waals surface area contributed by atoms with E-state index in [1.165, 1.54) is 57.4 Å². The standard InChI is InChI=1S/C24H36O4/c1-4-5-6-7-8-9-10-11-12-13-14-15-20(25)19-16-21(26)22-17(2)18(3)28-24(22)23(19)27/h16,26-27H,4-15H2,1-3H3. The van der Waals surface area contributed by atoms with E-state index in [0.29, 0.717) is 17.6 Å². The van der Waals surface area contributed by atoms with Gasteiger partial charge in [0.1, 0.15) is 11.5 Å². The van der Waals surface area contributed by atoms with Crippen molar-refractivity contribution < 1.29 is 19.4 Å². The lowest BCUT2D eigenvalue weighted by Crippen LogP contribution is -2.00. The van der Waals surface area contributed by atoms with E-state index in [-0.39, 0.29) is 28.4 Å². The first kappa shape index (κ1) is 22.3. The molecule has 0 fully saturated rings. The highest BCUT2D eigenvalue weighted by Crippen LogP contribution is 2.40. The molecule has 28 heavy (non-hydrogen) atoms. The molecule has 4 nitrogen and oxygen atoms in total. The van der Waals surface area contributed by atoms with E-state index in [4.69, 9.17) is 4.42 Å². The van der Waals surface area contributed by atoms with Gasteiger partial charge in [-0.05, 0) is 26.3 Å². The molecular weight excluding hydrogens is 352 g/mol. The second-order valence-electron chi connectivity index (χ2n) is 7.99. The number of unbranched alkanes of at least 4 members (excludes halogenated alkanes) is 10. The molecule has 0 saturated heterocycles. The largest absolute Gasteiger partial charge is 0.507 e. The van der Waals surface area contributed by atoms with Crippen LogP contribution in [0.5, 0.6) is 11.5 Å². The van der Waals surface area contributed by atoms with E-state index in [9.17, 15) is 15.0 Å². The first-order valence-corrected chi connectivity index (χ1v) is 10.9. The van der Waals surface area contributed by atoms with Crippen molar-refractivity contribution in [3.63, 3.8) is 0 Å². The lowest BCUT2D eigenvalue weighted by atomic mass is 10.00. The van der Waals surface area contributed by atoms with E-state index in [0.717, 1.165) is 24.8 Å². The highest BCUT2D eigenvalue weighted by molar-refractivity contribution is 6.06. The van der Waals surface area contributed by atoms with Crippen molar-refractivity contribution in [2.24, 2.45) is 0 Å². The molecule has 0 radical (unpaired) electrons. The summed E-state index contributed by atoms with van der Waals surface area (Å²) in [5, 5.41) is 21.2. The van der Waals surface area contributed by atoms with E-state index >= 15 is 0 Å². The molecule has 1 heterocycles. The number of carbonyl (C=O) groups is 1. The third-order valence-electron chi connectivity index (χ3n) is 5.70. The summed E-state index contributed by atoms with van der Waals surface area (Å²) < 4.78 is 5.55. The van der Waals surface area contributed by atoms with Gasteiger partial charge >= 0.3 is 0 Å². The lowest BCUT2D eigenvalue weighted by Gasteiger charge is -2.07. The Morgan fingerprint density at radius 2 is 1.43 bits per heavy atom. The summed E-state index contributed by atoms with van der Waals surface area (Å²) in [5.74, 6) is 0.328. The minimum Gasteiger partial charge on any atom is -0.507 e. The third kappa shape index (κ3) is 5.76. The molecule has 0 saturated carbocycles. The number of carbonyl (C=O) groups excluding carboxylic acids is 1. The number of fused-ring (bicyclic) bond motifs is 1. The number of Topliss-reactive ketones (excluding diaryl/α,β-unsaturated/α-hetero) is 1. The number of phenols is 2. The molecule has 0 amide bonds. The van der Waals surface area contributed by atoms with Crippen LogP contribution in [-0.2, 0) is 0 Å². The van der Waals surface area contributed by atoms with Crippen LogP contribution in [0.1, 0.15) is 106 Å². The summed E-state index contributed by atoms with van der Waals surface area (Å²) >= 11 is 0. The van der Waals surface area contributed by atoms with Gasteiger partial charge in [0.05, 0.1) is 10.9 Å². The van der Waals surface area contributed by atoms with Gasteiger partial charge in [0.25, 0.3) is 0 Å². The van der Waals surface area contributed by atoms with Gasteiger partial charge in [0.2, 0.25) is 0 Å². The van der Waals surface area contributed by atoms with Crippen LogP contribution in [-0.4, -0.2) is 16.0 Å². The van der Waals surface area contributed by atoms with E-state index in [2.05, 4.69) is 6.92 Å². The third-order valence-corrected chi connectivity index (χ3v) is 5.70. The summed E-state index contributed by atoms with van der Waals surface area (Å²) in [6.45, 7) is 5.85. The van der Waals surface area contributed by atoms with Gasteiger partial charge in [-0.2, -0.15) is 0 Å². The molecule has 1 aromatic heterocycles. The van der Waals surface area contributed by atoms with Gasteiger partial charge in [-0.1, -0.05) is 71.1 Å². The molecule has 0 bridgehead atoms. The smallest absolute Gasteiger partial charge is 0.180 e. The fourth-order valence-electron chi connectivity index (χ4n) is 3.80. The van der Waals surface area contributed by atoms with Crippen LogP contribution in [0.25, 0.3) is 11.0 Å². The Morgan fingerprint density at radius 1 is 0.893 bits per heavy atom. The number of rotatable bonds is 13. The van der Waals surface area contributed by atoms with Crippen molar-refractivity contribution in [3.8, 4) is 11.5 Å². The Balaban J connectivity index is 1.73. The zero-order valence-electron chi connectivity index (χ0n) is 17.8. The maximum Gasteiger partial charge on any atom is 0.180 e. The lowest BCUT2D eigenvalue weighted by molar-refractivity contribution is 0.0976. The molecule has 2 aromatic rings. The maximum atomic E-state index is 12.5. The number of hydrogen-bond acceptors (Lipinski definition) is 4. The number of ketones is 1. The van der Waals surface area contributed by atoms with E-state index in [1.54, 1.807) is 6.92 Å². The van der Waals surface area contributed by atoms with Crippen LogP contribution >= 0.6 is 0 Å². The predicted molar refractivity (Wildman–Crippen MR) is 114 cm³/mol. The Labute approximate surface area is 168 Å². The fourth-order valence-corrected chi connectivity index (χ4v) is 3.80. The topological polar surface area (TPSA) is 70.7 Å². The van der Waals surface area contributed by atoms with Gasteiger partial charge < -0.3 is 14.6 Å². The molecule has 2 N–H and O–H groups in total. The van der Waals surface area contributed by atoms with Crippen molar-refractivity contribution in [1.29, 1.82) is 0 Å². The monoisotopic (exact) mass is 388 g/mol.